The molecule has 2 amide bonds. The number of nitrogens with one attached hydrogen (secondary N) is 2. The Bertz CT molecular complexity index is 1300. The molecule has 0 unspecified atom stereocenters. The number of halogens is 1. The lowest BCUT2D eigenvalue weighted by Gasteiger charge is -2.14. The summed E-state index contributed by atoms with van der Waals surface area (Å²) in [7, 11) is 0. The van der Waals surface area contributed by atoms with Gasteiger partial charge in [-0.2, -0.15) is 0 Å². The van der Waals surface area contributed by atoms with Crippen molar-refractivity contribution >= 4 is 22.7 Å². The minimum Gasteiger partial charge on any atom is -0.356 e. The summed E-state index contributed by atoms with van der Waals surface area (Å²) in [6.45, 7) is 4.71. The Balaban J connectivity index is 1.72. The summed E-state index contributed by atoms with van der Waals surface area (Å²) in [4.78, 5) is 50.7. The standard InChI is InChI=1S/C26H31FN4O4/c1-18(2)15-28-23(32)9-5-6-14-30-25(34)21-7-3-4-8-22(21)31(26(30)35)17-24(33)29-16-19-10-12-20(27)13-11-19/h3-4,7-8,10-13,18H,5-6,9,14-17H2,1-2H3,(H,28,32)(H,29,33). The van der Waals surface area contributed by atoms with E-state index in [1.165, 1.54) is 16.7 Å². The lowest BCUT2D eigenvalue weighted by molar-refractivity contribution is -0.122. The molecule has 0 saturated heterocycles. The molecule has 0 radical (unpaired) electrons. The molecule has 1 heterocycles. The third-order valence-corrected chi connectivity index (χ3v) is 5.58. The van der Waals surface area contributed by atoms with Crippen molar-refractivity contribution in [3.8, 4) is 0 Å². The number of para-hydroxylation sites is 1. The average molecular weight is 483 g/mol. The van der Waals surface area contributed by atoms with E-state index < -0.39 is 17.2 Å². The SMILES string of the molecule is CC(C)CNC(=O)CCCCn1c(=O)c2ccccc2n(CC(=O)NCc2ccc(F)cc2)c1=O. The van der Waals surface area contributed by atoms with Gasteiger partial charge in [-0.25, -0.2) is 9.18 Å². The van der Waals surface area contributed by atoms with Crippen LogP contribution < -0.4 is 21.9 Å². The molecule has 0 saturated carbocycles. The van der Waals surface area contributed by atoms with Crippen molar-refractivity contribution in [1.82, 2.24) is 19.8 Å². The first-order chi connectivity index (χ1) is 16.8. The smallest absolute Gasteiger partial charge is 0.331 e. The van der Waals surface area contributed by atoms with Crippen LogP contribution in [0.2, 0.25) is 0 Å². The first kappa shape index (κ1) is 25.9. The number of hydrogen-bond acceptors (Lipinski definition) is 4. The van der Waals surface area contributed by atoms with E-state index in [2.05, 4.69) is 10.6 Å². The number of hydrogen-bond donors (Lipinski definition) is 2. The molecule has 0 aliphatic carbocycles. The van der Waals surface area contributed by atoms with Gasteiger partial charge in [0.15, 0.2) is 0 Å². The van der Waals surface area contributed by atoms with Gasteiger partial charge >= 0.3 is 5.69 Å². The quantitative estimate of drug-likeness (QED) is 0.410. The van der Waals surface area contributed by atoms with Gasteiger partial charge in [0.25, 0.3) is 5.56 Å². The van der Waals surface area contributed by atoms with Crippen molar-refractivity contribution in [2.24, 2.45) is 5.92 Å². The fourth-order valence-electron chi connectivity index (χ4n) is 3.69. The number of nitrogens with zero attached hydrogens (tertiary/aromatic N) is 2. The van der Waals surface area contributed by atoms with Crippen LogP contribution in [0.1, 0.15) is 38.7 Å². The summed E-state index contributed by atoms with van der Waals surface area (Å²) in [5.41, 5.74) is 0.107. The summed E-state index contributed by atoms with van der Waals surface area (Å²) in [6, 6.07) is 12.4. The van der Waals surface area contributed by atoms with E-state index in [1.54, 1.807) is 36.4 Å². The van der Waals surface area contributed by atoms with Crippen LogP contribution in [0.4, 0.5) is 4.39 Å². The van der Waals surface area contributed by atoms with Crippen LogP contribution in [0.3, 0.4) is 0 Å². The molecule has 1 aromatic heterocycles. The summed E-state index contributed by atoms with van der Waals surface area (Å²) < 4.78 is 15.5. The van der Waals surface area contributed by atoms with Crippen LogP contribution in [0.5, 0.6) is 0 Å². The molecule has 8 nitrogen and oxygen atoms in total. The molecule has 0 atom stereocenters. The largest absolute Gasteiger partial charge is 0.356 e. The average Bonchev–Trinajstić information content (AvgIpc) is 2.84. The molecule has 9 heteroatoms. The number of carbonyl (C=O) groups excluding carboxylic acids is 2. The van der Waals surface area contributed by atoms with Crippen LogP contribution in [0, 0.1) is 11.7 Å². The van der Waals surface area contributed by atoms with Crippen molar-refractivity contribution in [3.63, 3.8) is 0 Å². The van der Waals surface area contributed by atoms with Crippen molar-refractivity contribution in [1.29, 1.82) is 0 Å². The van der Waals surface area contributed by atoms with E-state index >= 15 is 0 Å². The van der Waals surface area contributed by atoms with Crippen LogP contribution in [-0.4, -0.2) is 27.5 Å². The molecule has 0 aliphatic rings. The molecule has 0 fully saturated rings. The molecule has 0 aliphatic heterocycles. The molecule has 2 N–H and O–H groups in total. The zero-order valence-corrected chi connectivity index (χ0v) is 20.1. The Hall–Kier alpha value is -3.75. The van der Waals surface area contributed by atoms with Gasteiger partial charge in [0, 0.05) is 26.1 Å². The maximum Gasteiger partial charge on any atom is 0.331 e. The first-order valence-corrected chi connectivity index (χ1v) is 11.8. The predicted octanol–water partition coefficient (Wildman–Crippen LogP) is 2.56. The zero-order chi connectivity index (χ0) is 25.4. The number of rotatable bonds is 11. The van der Waals surface area contributed by atoms with E-state index in [1.807, 2.05) is 13.8 Å². The highest BCUT2D eigenvalue weighted by Crippen LogP contribution is 2.08. The molecule has 35 heavy (non-hydrogen) atoms. The van der Waals surface area contributed by atoms with Crippen LogP contribution in [0.15, 0.2) is 58.1 Å². The minimum absolute atomic E-state index is 0.0557. The van der Waals surface area contributed by atoms with Gasteiger partial charge in [0.2, 0.25) is 11.8 Å². The van der Waals surface area contributed by atoms with E-state index in [0.29, 0.717) is 42.6 Å². The van der Waals surface area contributed by atoms with Gasteiger partial charge in [0.05, 0.1) is 10.9 Å². The Kier molecular flexibility index (Phi) is 8.94. The fraction of sp³-hybridized carbons (Fsp3) is 0.385. The highest BCUT2D eigenvalue weighted by atomic mass is 19.1. The molecule has 2 aromatic carbocycles. The lowest BCUT2D eigenvalue weighted by Crippen LogP contribution is -2.42. The number of aromatic nitrogens is 2. The second-order valence-corrected chi connectivity index (χ2v) is 8.90. The number of benzene rings is 2. The third kappa shape index (κ3) is 7.11. The van der Waals surface area contributed by atoms with Gasteiger partial charge in [0.1, 0.15) is 12.4 Å². The first-order valence-electron chi connectivity index (χ1n) is 11.8. The summed E-state index contributed by atoms with van der Waals surface area (Å²) in [5, 5.41) is 5.91. The minimum atomic E-state index is -0.574. The molecule has 186 valence electrons. The van der Waals surface area contributed by atoms with Crippen molar-refractivity contribution in [2.45, 2.75) is 52.7 Å². The van der Waals surface area contributed by atoms with Crippen LogP contribution in [0.25, 0.3) is 10.9 Å². The second-order valence-electron chi connectivity index (χ2n) is 8.90. The third-order valence-electron chi connectivity index (χ3n) is 5.58. The molecular weight excluding hydrogens is 451 g/mol. The van der Waals surface area contributed by atoms with Gasteiger partial charge in [-0.05, 0) is 48.6 Å². The van der Waals surface area contributed by atoms with Gasteiger partial charge in [-0.15, -0.1) is 0 Å². The number of amides is 2. The van der Waals surface area contributed by atoms with Crippen molar-refractivity contribution < 1.29 is 14.0 Å². The monoisotopic (exact) mass is 482 g/mol. The Morgan fingerprint density at radius 2 is 1.63 bits per heavy atom. The van der Waals surface area contributed by atoms with E-state index in [4.69, 9.17) is 0 Å². The van der Waals surface area contributed by atoms with Crippen LogP contribution in [-0.2, 0) is 29.2 Å². The molecule has 3 rings (SSSR count). The van der Waals surface area contributed by atoms with Gasteiger partial charge < -0.3 is 10.6 Å². The molecule has 0 bridgehead atoms. The normalized spacial score (nSPS) is 11.1. The Labute approximate surface area is 202 Å². The number of fused-ring (bicyclic) bond motifs is 1. The van der Waals surface area contributed by atoms with Gasteiger partial charge in [-0.1, -0.05) is 38.1 Å². The zero-order valence-electron chi connectivity index (χ0n) is 20.1. The molecule has 3 aromatic rings. The fourth-order valence-corrected chi connectivity index (χ4v) is 3.69. The number of carbonyl (C=O) groups is 2. The topological polar surface area (TPSA) is 102 Å². The lowest BCUT2D eigenvalue weighted by atomic mass is 10.2. The van der Waals surface area contributed by atoms with E-state index in [-0.39, 0.29) is 31.4 Å². The number of unbranched alkanes of at least 4 members (excludes halogenated alkanes) is 1. The van der Waals surface area contributed by atoms with Crippen molar-refractivity contribution in [3.05, 3.63) is 80.7 Å². The summed E-state index contributed by atoms with van der Waals surface area (Å²) in [5.74, 6) is -0.466. The maximum atomic E-state index is 13.2. The highest BCUT2D eigenvalue weighted by molar-refractivity contribution is 5.81. The van der Waals surface area contributed by atoms with E-state index in [0.717, 1.165) is 10.1 Å². The predicted molar refractivity (Wildman–Crippen MR) is 132 cm³/mol. The van der Waals surface area contributed by atoms with Gasteiger partial charge in [-0.3, -0.25) is 23.5 Å². The molecular formula is C26H31FN4O4. The molecule has 0 spiro atoms. The Morgan fingerprint density at radius 3 is 2.34 bits per heavy atom. The summed E-state index contributed by atoms with van der Waals surface area (Å²) >= 11 is 0. The van der Waals surface area contributed by atoms with Crippen molar-refractivity contribution in [2.75, 3.05) is 6.54 Å². The highest BCUT2D eigenvalue weighted by Gasteiger charge is 2.15. The maximum absolute atomic E-state index is 13.2. The Morgan fingerprint density at radius 1 is 0.914 bits per heavy atom. The second kappa shape index (κ2) is 12.1. The summed E-state index contributed by atoms with van der Waals surface area (Å²) in [6.07, 6.45) is 1.31. The van der Waals surface area contributed by atoms with Crippen LogP contribution >= 0.6 is 0 Å². The van der Waals surface area contributed by atoms with E-state index in [9.17, 15) is 23.6 Å².